The van der Waals surface area contributed by atoms with Crippen LogP contribution in [-0.2, 0) is 13.0 Å². The Kier molecular flexibility index (Phi) is 7.21. The molecule has 0 bridgehead atoms. The molecule has 5 aromatic rings. The van der Waals surface area contributed by atoms with Crippen LogP contribution in [0.2, 0.25) is 0 Å². The van der Waals surface area contributed by atoms with Gasteiger partial charge < -0.3 is 18.6 Å². The lowest BCUT2D eigenvalue weighted by Gasteiger charge is -2.17. The Morgan fingerprint density at radius 1 is 0.975 bits per heavy atom. The average Bonchev–Trinajstić information content (AvgIpc) is 3.26. The molecule has 0 fully saturated rings. The Hall–Kier alpha value is -4.79. The molecule has 0 saturated carbocycles. The second kappa shape index (κ2) is 10.8. The van der Waals surface area contributed by atoms with E-state index < -0.39 is 5.56 Å². The van der Waals surface area contributed by atoms with Crippen molar-refractivity contribution in [2.24, 2.45) is 0 Å². The highest BCUT2D eigenvalue weighted by Gasteiger charge is 2.22. The first-order valence-corrected chi connectivity index (χ1v) is 12.8. The molecule has 0 atom stereocenters. The summed E-state index contributed by atoms with van der Waals surface area (Å²) in [6, 6.07) is 12.7. The van der Waals surface area contributed by atoms with Crippen molar-refractivity contribution < 1.29 is 18.8 Å². The molecule has 204 valence electrons. The summed E-state index contributed by atoms with van der Waals surface area (Å²) in [6.45, 7) is 7.56. The summed E-state index contributed by atoms with van der Waals surface area (Å²) in [4.78, 5) is 36.5. The van der Waals surface area contributed by atoms with Crippen LogP contribution in [0.4, 0.5) is 0 Å². The van der Waals surface area contributed by atoms with Gasteiger partial charge in [0.25, 0.3) is 5.56 Å². The fourth-order valence-electron chi connectivity index (χ4n) is 5.18. The van der Waals surface area contributed by atoms with Crippen molar-refractivity contribution in [2.75, 3.05) is 14.2 Å². The molecule has 5 rings (SSSR count). The van der Waals surface area contributed by atoms with Crippen molar-refractivity contribution in [3.05, 3.63) is 98.7 Å². The van der Waals surface area contributed by atoms with Gasteiger partial charge in [-0.15, -0.1) is 0 Å². The topological polar surface area (TPSA) is 109 Å². The number of hydrogen-bond donors (Lipinski definition) is 0. The fourth-order valence-corrected chi connectivity index (χ4v) is 5.18. The zero-order valence-corrected chi connectivity index (χ0v) is 23.4. The number of aryl methyl sites for hydroxylation is 4. The van der Waals surface area contributed by atoms with Crippen LogP contribution in [0, 0.1) is 27.7 Å². The highest BCUT2D eigenvalue weighted by atomic mass is 16.5. The Balaban J connectivity index is 1.74. The van der Waals surface area contributed by atoms with Crippen LogP contribution < -0.4 is 15.0 Å². The number of methoxy groups -OCH3 is 2. The molecule has 40 heavy (non-hydrogen) atoms. The molecule has 0 aliphatic carbocycles. The summed E-state index contributed by atoms with van der Waals surface area (Å²) in [5, 5.41) is 4.78. The second-order valence-corrected chi connectivity index (χ2v) is 9.77. The fraction of sp³-hybridized carbons (Fsp3) is 0.258. The van der Waals surface area contributed by atoms with E-state index >= 15 is 0 Å². The highest BCUT2D eigenvalue weighted by molar-refractivity contribution is 6.01. The molecule has 1 aromatic carbocycles. The van der Waals surface area contributed by atoms with Gasteiger partial charge in [0, 0.05) is 41.0 Å². The number of benzene rings is 1. The summed E-state index contributed by atoms with van der Waals surface area (Å²) in [5.41, 5.74) is 5.53. The number of Topliss-reactive ketones (excluding diaryl/α,β-unsaturated/α-hetero) is 1. The van der Waals surface area contributed by atoms with Crippen LogP contribution in [0.3, 0.4) is 0 Å². The molecule has 0 N–H and O–H groups in total. The lowest BCUT2D eigenvalue weighted by molar-refractivity contribution is 0.0991. The molecule has 9 heteroatoms. The number of fused-ring (bicyclic) bond motifs is 1. The van der Waals surface area contributed by atoms with Gasteiger partial charge in [-0.05, 0) is 69.7 Å². The van der Waals surface area contributed by atoms with E-state index in [1.54, 1.807) is 49.2 Å². The predicted octanol–water partition coefficient (Wildman–Crippen LogP) is 5.17. The quantitative estimate of drug-likeness (QED) is 0.249. The van der Waals surface area contributed by atoms with Gasteiger partial charge in [-0.3, -0.25) is 19.6 Å². The zero-order chi connectivity index (χ0) is 28.6. The van der Waals surface area contributed by atoms with E-state index in [0.717, 1.165) is 28.1 Å². The minimum atomic E-state index is -0.417. The maximum absolute atomic E-state index is 14.0. The first-order valence-electron chi connectivity index (χ1n) is 12.8. The number of carbonyl (C=O) groups is 1. The summed E-state index contributed by atoms with van der Waals surface area (Å²) < 4.78 is 18.2. The van der Waals surface area contributed by atoms with E-state index in [1.165, 1.54) is 0 Å². The molecule has 0 radical (unpaired) electrons. The Bertz CT molecular complexity index is 1780. The monoisotopic (exact) mass is 538 g/mol. The van der Waals surface area contributed by atoms with Crippen molar-refractivity contribution in [1.82, 2.24) is 19.7 Å². The molecule has 9 nitrogen and oxygen atoms in total. The molecule has 4 aromatic heterocycles. The summed E-state index contributed by atoms with van der Waals surface area (Å²) in [5.74, 6) is 1.45. The number of ether oxygens (including phenoxy) is 2. The second-order valence-electron chi connectivity index (χ2n) is 9.77. The molecule has 0 saturated heterocycles. The summed E-state index contributed by atoms with van der Waals surface area (Å²) in [7, 11) is 3.13. The van der Waals surface area contributed by atoms with E-state index in [9.17, 15) is 9.59 Å². The minimum absolute atomic E-state index is 0.0741. The van der Waals surface area contributed by atoms with Gasteiger partial charge in [-0.1, -0.05) is 5.16 Å². The van der Waals surface area contributed by atoms with Crippen molar-refractivity contribution >= 4 is 16.7 Å². The standard InChI is InChI=1S/C31H30N4O5/c1-17-10-21(11-18(2)33-17)12-27(36)23-13-22-14-24(30-19(3)34-40-20(30)4)29(39-6)15-26(22)35(31(23)37)16-25-28(38-5)8-7-9-32-25/h7-11,13-15H,12,16H2,1-6H3. The number of carbonyl (C=O) groups excluding carboxylic acids is 1. The molecular weight excluding hydrogens is 508 g/mol. The van der Waals surface area contributed by atoms with Gasteiger partial charge >= 0.3 is 0 Å². The van der Waals surface area contributed by atoms with Crippen LogP contribution in [0.1, 0.15) is 44.5 Å². The van der Waals surface area contributed by atoms with Crippen LogP contribution >= 0.6 is 0 Å². The summed E-state index contributed by atoms with van der Waals surface area (Å²) >= 11 is 0. The Morgan fingerprint density at radius 3 is 2.35 bits per heavy atom. The number of rotatable bonds is 8. The average molecular weight is 539 g/mol. The van der Waals surface area contributed by atoms with Crippen molar-refractivity contribution in [2.45, 2.75) is 40.7 Å². The van der Waals surface area contributed by atoms with E-state index in [0.29, 0.717) is 39.6 Å². The van der Waals surface area contributed by atoms with Crippen LogP contribution in [0.15, 0.2) is 58.0 Å². The first-order chi connectivity index (χ1) is 19.2. The van der Waals surface area contributed by atoms with Crippen molar-refractivity contribution in [3.8, 4) is 22.6 Å². The van der Waals surface area contributed by atoms with Crippen LogP contribution in [0.5, 0.6) is 11.5 Å². The number of pyridine rings is 3. The van der Waals surface area contributed by atoms with Gasteiger partial charge in [0.1, 0.15) is 23.0 Å². The molecule has 0 unspecified atom stereocenters. The number of aromatic nitrogens is 4. The lowest BCUT2D eigenvalue weighted by Crippen LogP contribution is -2.28. The summed E-state index contributed by atoms with van der Waals surface area (Å²) in [6.07, 6.45) is 1.72. The molecule has 0 aliphatic rings. The maximum atomic E-state index is 14.0. The third kappa shape index (κ3) is 4.98. The predicted molar refractivity (Wildman–Crippen MR) is 151 cm³/mol. The molecule has 0 spiro atoms. The third-order valence-corrected chi connectivity index (χ3v) is 6.90. The van der Waals surface area contributed by atoms with Gasteiger partial charge in [0.15, 0.2) is 5.78 Å². The molecular formula is C31H30N4O5. The van der Waals surface area contributed by atoms with Gasteiger partial charge in [-0.25, -0.2) is 0 Å². The van der Waals surface area contributed by atoms with E-state index in [-0.39, 0.29) is 24.3 Å². The van der Waals surface area contributed by atoms with Crippen LogP contribution in [-0.4, -0.2) is 39.7 Å². The van der Waals surface area contributed by atoms with Crippen LogP contribution in [0.25, 0.3) is 22.0 Å². The largest absolute Gasteiger partial charge is 0.496 e. The number of ketones is 1. The smallest absolute Gasteiger partial charge is 0.262 e. The molecule has 0 amide bonds. The van der Waals surface area contributed by atoms with Gasteiger partial charge in [-0.2, -0.15) is 0 Å². The normalized spacial score (nSPS) is 11.2. The lowest BCUT2D eigenvalue weighted by atomic mass is 9.97. The van der Waals surface area contributed by atoms with Crippen molar-refractivity contribution in [3.63, 3.8) is 0 Å². The SMILES string of the molecule is COc1cc2c(cc1-c1c(C)noc1C)cc(C(=O)Cc1cc(C)nc(C)c1)c(=O)n2Cc1ncccc1OC. The van der Waals surface area contributed by atoms with Gasteiger partial charge in [0.05, 0.1) is 43.1 Å². The highest BCUT2D eigenvalue weighted by Crippen LogP contribution is 2.38. The Morgan fingerprint density at radius 2 is 1.70 bits per heavy atom. The zero-order valence-electron chi connectivity index (χ0n) is 23.4. The molecule has 4 heterocycles. The number of hydrogen-bond acceptors (Lipinski definition) is 8. The van der Waals surface area contributed by atoms with E-state index in [2.05, 4.69) is 15.1 Å². The molecule has 0 aliphatic heterocycles. The van der Waals surface area contributed by atoms with E-state index in [4.69, 9.17) is 14.0 Å². The third-order valence-electron chi connectivity index (χ3n) is 6.90. The minimum Gasteiger partial charge on any atom is -0.496 e. The first kappa shape index (κ1) is 26.8. The maximum Gasteiger partial charge on any atom is 0.262 e. The van der Waals surface area contributed by atoms with Crippen molar-refractivity contribution in [1.29, 1.82) is 0 Å². The van der Waals surface area contributed by atoms with E-state index in [1.807, 2.05) is 45.9 Å². The van der Waals surface area contributed by atoms with Gasteiger partial charge in [0.2, 0.25) is 0 Å². The number of nitrogens with zero attached hydrogens (tertiary/aromatic N) is 4. The Labute approximate surface area is 231 Å².